The van der Waals surface area contributed by atoms with E-state index < -0.39 is 26.2 Å². The van der Waals surface area contributed by atoms with Crippen LogP contribution in [0.25, 0.3) is 0 Å². The average molecular weight is 318 g/mol. The van der Waals surface area contributed by atoms with E-state index in [4.69, 9.17) is 16.0 Å². The molecule has 0 fully saturated rings. The summed E-state index contributed by atoms with van der Waals surface area (Å²) in [6, 6.07) is 2.75. The fraction of sp³-hybridized carbons (Fsp3) is 0.571. The Morgan fingerprint density at radius 3 is 2.40 bits per heavy atom. The van der Waals surface area contributed by atoms with Crippen molar-refractivity contribution in [2.24, 2.45) is 0 Å². The maximum Gasteiger partial charge on any atom is 0.225 e. The van der Waals surface area contributed by atoms with Gasteiger partial charge in [-0.1, -0.05) is 32.4 Å². The monoisotopic (exact) mass is 317 g/mol. The number of halogens is 2. The molecule has 1 atom stereocenters. The van der Waals surface area contributed by atoms with E-state index in [0.717, 1.165) is 0 Å². The highest BCUT2D eigenvalue weighted by molar-refractivity contribution is 6.74. The van der Waals surface area contributed by atoms with Crippen LogP contribution in [0, 0.1) is 5.95 Å². The maximum absolute atomic E-state index is 13.7. The zero-order valence-corrected chi connectivity index (χ0v) is 14.5. The first-order chi connectivity index (χ1) is 8.95. The Labute approximate surface area is 125 Å². The molecule has 1 aromatic heterocycles. The Kier molecular flexibility index (Phi) is 5.11. The fourth-order valence-corrected chi connectivity index (χ4v) is 2.97. The lowest BCUT2D eigenvalue weighted by Crippen LogP contribution is -2.45. The summed E-state index contributed by atoms with van der Waals surface area (Å²) in [6.45, 7) is 12.0. The highest BCUT2D eigenvalue weighted by Crippen LogP contribution is 2.37. The molecule has 0 bridgehead atoms. The minimum absolute atomic E-state index is 0.0155. The van der Waals surface area contributed by atoms with Crippen LogP contribution in [-0.4, -0.2) is 25.2 Å². The van der Waals surface area contributed by atoms with E-state index in [-0.39, 0.29) is 15.8 Å². The van der Waals surface area contributed by atoms with E-state index in [1.165, 1.54) is 12.1 Å². The number of ketones is 1. The highest BCUT2D eigenvalue weighted by atomic mass is 35.5. The minimum atomic E-state index is -2.08. The summed E-state index contributed by atoms with van der Waals surface area (Å²) >= 11 is 5.58. The van der Waals surface area contributed by atoms with Crippen molar-refractivity contribution in [1.82, 2.24) is 4.98 Å². The van der Waals surface area contributed by atoms with Crippen LogP contribution in [0.3, 0.4) is 0 Å². The first-order valence-corrected chi connectivity index (χ1v) is 9.78. The molecule has 1 aromatic rings. The Balaban J connectivity index is 2.93. The van der Waals surface area contributed by atoms with Crippen LogP contribution in [-0.2, 0) is 4.43 Å². The first-order valence-electron chi connectivity index (χ1n) is 6.50. The van der Waals surface area contributed by atoms with Gasteiger partial charge in [0.15, 0.2) is 14.1 Å². The molecule has 0 N–H and O–H groups in total. The van der Waals surface area contributed by atoms with Gasteiger partial charge in [-0.15, -0.1) is 0 Å². The zero-order chi connectivity index (χ0) is 15.7. The smallest absolute Gasteiger partial charge is 0.225 e. The van der Waals surface area contributed by atoms with Crippen LogP contribution in [0.15, 0.2) is 12.1 Å². The van der Waals surface area contributed by atoms with E-state index in [1.807, 2.05) is 13.1 Å². The molecule has 0 spiro atoms. The first kappa shape index (κ1) is 17.3. The predicted octanol–water partition coefficient (Wildman–Crippen LogP) is 4.47. The van der Waals surface area contributed by atoms with E-state index >= 15 is 0 Å². The van der Waals surface area contributed by atoms with Gasteiger partial charge in [0.2, 0.25) is 5.95 Å². The van der Waals surface area contributed by atoms with Gasteiger partial charge in [0.1, 0.15) is 11.3 Å². The fourth-order valence-electron chi connectivity index (χ4n) is 1.49. The second-order valence-corrected chi connectivity index (χ2v) is 11.5. The summed E-state index contributed by atoms with van der Waals surface area (Å²) in [7, 11) is -2.08. The SMILES string of the molecule is C[C@H](O[Si](C)(C)C(C)(C)C)C(=O)c1ccc(Cl)nc1F. The lowest BCUT2D eigenvalue weighted by atomic mass is 10.1. The molecule has 1 heterocycles. The number of nitrogens with zero attached hydrogens (tertiary/aromatic N) is 1. The Morgan fingerprint density at radius 1 is 1.40 bits per heavy atom. The van der Waals surface area contributed by atoms with Crippen molar-refractivity contribution in [2.75, 3.05) is 0 Å². The van der Waals surface area contributed by atoms with Crippen molar-refractivity contribution in [2.45, 2.75) is 51.9 Å². The van der Waals surface area contributed by atoms with E-state index in [0.29, 0.717) is 0 Å². The maximum atomic E-state index is 13.7. The van der Waals surface area contributed by atoms with Gasteiger partial charge in [-0.05, 0) is 37.2 Å². The summed E-state index contributed by atoms with van der Waals surface area (Å²) in [6.07, 6.45) is -0.701. The quantitative estimate of drug-likeness (QED) is 0.467. The van der Waals surface area contributed by atoms with E-state index in [2.05, 4.69) is 25.8 Å². The summed E-state index contributed by atoms with van der Waals surface area (Å²) in [4.78, 5) is 15.7. The largest absolute Gasteiger partial charge is 0.407 e. The lowest BCUT2D eigenvalue weighted by Gasteiger charge is -2.38. The minimum Gasteiger partial charge on any atom is -0.407 e. The van der Waals surface area contributed by atoms with Gasteiger partial charge in [0, 0.05) is 0 Å². The molecule has 0 aliphatic rings. The van der Waals surface area contributed by atoms with Crippen molar-refractivity contribution >= 4 is 25.7 Å². The topological polar surface area (TPSA) is 39.2 Å². The number of rotatable bonds is 4. The van der Waals surface area contributed by atoms with Crippen LogP contribution in [0.1, 0.15) is 38.1 Å². The van der Waals surface area contributed by atoms with Crippen LogP contribution >= 0.6 is 11.6 Å². The van der Waals surface area contributed by atoms with Gasteiger partial charge in [0.25, 0.3) is 0 Å². The average Bonchev–Trinajstić information content (AvgIpc) is 2.25. The number of carbonyl (C=O) groups is 1. The molecule has 0 aliphatic heterocycles. The molecule has 0 radical (unpaired) electrons. The van der Waals surface area contributed by atoms with Crippen molar-refractivity contribution in [3.8, 4) is 0 Å². The third-order valence-electron chi connectivity index (χ3n) is 3.73. The molecular formula is C14H21ClFNO2Si. The number of Topliss-reactive ketones (excluding diaryl/α,β-unsaturated/α-hetero) is 1. The molecule has 0 unspecified atom stereocenters. The summed E-state index contributed by atoms with van der Waals surface area (Å²) < 4.78 is 19.6. The molecule has 3 nitrogen and oxygen atoms in total. The van der Waals surface area contributed by atoms with Crippen LogP contribution in [0.4, 0.5) is 4.39 Å². The standard InChI is InChI=1S/C14H21ClFNO2Si/c1-9(19-20(5,6)14(2,3)4)12(18)10-7-8-11(15)17-13(10)16/h7-9H,1-6H3/t9-/m0/s1. The summed E-state index contributed by atoms with van der Waals surface area (Å²) in [5, 5.41) is 0.00947. The number of aromatic nitrogens is 1. The third kappa shape index (κ3) is 3.87. The van der Waals surface area contributed by atoms with Crippen LogP contribution < -0.4 is 0 Å². The number of hydrogen-bond donors (Lipinski definition) is 0. The lowest BCUT2D eigenvalue weighted by molar-refractivity contribution is 0.0791. The zero-order valence-electron chi connectivity index (χ0n) is 12.8. The number of carbonyl (C=O) groups excluding carboxylic acids is 1. The third-order valence-corrected chi connectivity index (χ3v) is 8.49. The molecule has 0 amide bonds. The van der Waals surface area contributed by atoms with Crippen molar-refractivity contribution < 1.29 is 13.6 Å². The molecular weight excluding hydrogens is 297 g/mol. The van der Waals surface area contributed by atoms with E-state index in [1.54, 1.807) is 6.92 Å². The van der Waals surface area contributed by atoms with Gasteiger partial charge in [-0.3, -0.25) is 4.79 Å². The summed E-state index contributed by atoms with van der Waals surface area (Å²) in [5.41, 5.74) is -0.0828. The molecule has 0 aromatic carbocycles. The second-order valence-electron chi connectivity index (χ2n) is 6.36. The molecule has 6 heteroatoms. The van der Waals surface area contributed by atoms with Gasteiger partial charge >= 0.3 is 0 Å². The second kappa shape index (κ2) is 5.91. The highest BCUT2D eigenvalue weighted by Gasteiger charge is 2.40. The van der Waals surface area contributed by atoms with Crippen molar-refractivity contribution in [3.05, 3.63) is 28.8 Å². The van der Waals surface area contributed by atoms with Gasteiger partial charge in [-0.25, -0.2) is 4.98 Å². The molecule has 0 aliphatic carbocycles. The van der Waals surface area contributed by atoms with Crippen molar-refractivity contribution in [3.63, 3.8) is 0 Å². The Morgan fingerprint density at radius 2 is 1.95 bits per heavy atom. The molecule has 0 saturated carbocycles. The molecule has 112 valence electrons. The number of pyridine rings is 1. The molecule has 0 saturated heterocycles. The van der Waals surface area contributed by atoms with Gasteiger partial charge < -0.3 is 4.43 Å². The van der Waals surface area contributed by atoms with Gasteiger partial charge in [0.05, 0.1) is 5.56 Å². The van der Waals surface area contributed by atoms with Crippen LogP contribution in [0.5, 0.6) is 0 Å². The summed E-state index contributed by atoms with van der Waals surface area (Å²) in [5.74, 6) is -1.26. The Bertz CT molecular complexity index is 514. The predicted molar refractivity (Wildman–Crippen MR) is 81.3 cm³/mol. The normalized spacial score (nSPS) is 14.2. The molecule has 20 heavy (non-hydrogen) atoms. The number of hydrogen-bond acceptors (Lipinski definition) is 3. The van der Waals surface area contributed by atoms with Crippen molar-refractivity contribution in [1.29, 1.82) is 0 Å². The van der Waals surface area contributed by atoms with Crippen LogP contribution in [0.2, 0.25) is 23.3 Å². The van der Waals surface area contributed by atoms with Gasteiger partial charge in [-0.2, -0.15) is 4.39 Å². The Hall–Kier alpha value is -0.783. The van der Waals surface area contributed by atoms with E-state index in [9.17, 15) is 9.18 Å². The molecule has 1 rings (SSSR count).